The van der Waals surface area contributed by atoms with Crippen LogP contribution in [0.15, 0.2) is 85.3 Å². The lowest BCUT2D eigenvalue weighted by Crippen LogP contribution is -2.55. The van der Waals surface area contributed by atoms with Crippen molar-refractivity contribution in [3.05, 3.63) is 113 Å². The molecule has 0 radical (unpaired) electrons. The highest BCUT2D eigenvalue weighted by Gasteiger charge is 2.43. The highest BCUT2D eigenvalue weighted by Crippen LogP contribution is 2.45. The van der Waals surface area contributed by atoms with E-state index in [1.54, 1.807) is 23.1 Å². The molecule has 0 spiro atoms. The molecule has 5 aromatic rings. The van der Waals surface area contributed by atoms with Gasteiger partial charge >= 0.3 is 6.09 Å². The standard InChI is InChI=1S/C39H43ClFN9O2/c1-25-16-18-48(19-17-25)33-21-34(27-6-11-31(41)12-7-27)37(38-42-22-35(45-38)28-8-13-32(14-9-28)44-39(51)52-3)49(23-33)26(2)4-5-29-20-30(40)10-15-36(29)50-24-43-46-47-50/h4-15,20,22,24-26,33-34,37H,16-19,21,23H2,1-3H3,(H,42,45)(H,44,51)/b5-4+/t26?,33-,34-,37?/m0/s1. The Morgan fingerprint density at radius 1 is 1.10 bits per heavy atom. The molecule has 0 aliphatic carbocycles. The van der Waals surface area contributed by atoms with Crippen molar-refractivity contribution >= 4 is 29.5 Å². The van der Waals surface area contributed by atoms with E-state index < -0.39 is 6.09 Å². The summed E-state index contributed by atoms with van der Waals surface area (Å²) in [5.74, 6) is 1.33. The van der Waals surface area contributed by atoms with Crippen molar-refractivity contribution < 1.29 is 13.9 Å². The number of aromatic amines is 1. The number of amides is 1. The molecule has 2 saturated heterocycles. The predicted octanol–water partition coefficient (Wildman–Crippen LogP) is 7.76. The summed E-state index contributed by atoms with van der Waals surface area (Å²) in [6.45, 7) is 7.51. The third-order valence-corrected chi connectivity index (χ3v) is 10.7. The first-order valence-corrected chi connectivity index (χ1v) is 18.1. The lowest BCUT2D eigenvalue weighted by Gasteiger charge is -2.50. The molecule has 2 aliphatic rings. The van der Waals surface area contributed by atoms with Gasteiger partial charge in [0.25, 0.3) is 0 Å². The SMILES string of the molecule is COC(=O)Nc1ccc(-c2cnc(C3[C@H](c4ccc(F)cc4)C[C@H](N4CCC(C)CC4)CN3C(C)/C=C/c3cc(Cl)ccc3-n3cnnn3)[nH]2)cc1. The number of likely N-dealkylation sites (tertiary alicyclic amines) is 2. The minimum Gasteiger partial charge on any atom is -0.453 e. The minimum atomic E-state index is -0.525. The predicted molar refractivity (Wildman–Crippen MR) is 200 cm³/mol. The average molecular weight is 724 g/mol. The first-order chi connectivity index (χ1) is 25.2. The lowest BCUT2D eigenvalue weighted by atomic mass is 9.79. The summed E-state index contributed by atoms with van der Waals surface area (Å²) in [6, 6.07) is 20.3. The van der Waals surface area contributed by atoms with Crippen molar-refractivity contribution in [1.29, 1.82) is 0 Å². The number of carbonyl (C=O) groups is 1. The molecule has 4 atom stereocenters. The van der Waals surface area contributed by atoms with Gasteiger partial charge in [0.05, 0.1) is 30.7 Å². The number of tetrazole rings is 1. The Morgan fingerprint density at radius 2 is 1.87 bits per heavy atom. The van der Waals surface area contributed by atoms with Crippen LogP contribution >= 0.6 is 11.6 Å². The van der Waals surface area contributed by atoms with Crippen LogP contribution in [0.5, 0.6) is 0 Å². The number of nitrogens with zero attached hydrogens (tertiary/aromatic N) is 7. The van der Waals surface area contributed by atoms with Gasteiger partial charge in [-0.15, -0.1) is 5.10 Å². The van der Waals surface area contributed by atoms with Crippen molar-refractivity contribution in [2.45, 2.75) is 57.2 Å². The van der Waals surface area contributed by atoms with Crippen molar-refractivity contribution in [3.63, 3.8) is 0 Å². The van der Waals surface area contributed by atoms with E-state index in [0.29, 0.717) is 16.8 Å². The second-order valence-electron chi connectivity index (χ2n) is 13.8. The maximum Gasteiger partial charge on any atom is 0.411 e. The number of aromatic nitrogens is 6. The maximum atomic E-state index is 14.3. The molecule has 4 heterocycles. The van der Waals surface area contributed by atoms with Gasteiger partial charge in [0.1, 0.15) is 18.0 Å². The van der Waals surface area contributed by atoms with E-state index in [2.05, 4.69) is 61.6 Å². The zero-order valence-electron chi connectivity index (χ0n) is 29.5. The number of benzene rings is 3. The molecule has 13 heteroatoms. The zero-order chi connectivity index (χ0) is 36.2. The molecular weight excluding hydrogens is 681 g/mol. The molecule has 0 bridgehead atoms. The third kappa shape index (κ3) is 7.94. The number of piperidine rings is 2. The summed E-state index contributed by atoms with van der Waals surface area (Å²) in [7, 11) is 1.33. The monoisotopic (exact) mass is 723 g/mol. The van der Waals surface area contributed by atoms with E-state index in [0.717, 1.165) is 65.9 Å². The van der Waals surface area contributed by atoms with Gasteiger partial charge in [0.2, 0.25) is 0 Å². The Morgan fingerprint density at radius 3 is 2.58 bits per heavy atom. The van der Waals surface area contributed by atoms with Crippen molar-refractivity contribution in [2.24, 2.45) is 5.92 Å². The van der Waals surface area contributed by atoms with Gasteiger partial charge in [-0.3, -0.25) is 15.1 Å². The molecule has 0 saturated carbocycles. The Balaban J connectivity index is 1.26. The van der Waals surface area contributed by atoms with Crippen LogP contribution in [0.25, 0.3) is 23.0 Å². The molecule has 52 heavy (non-hydrogen) atoms. The molecular formula is C39H43ClFN9O2. The normalized spacial score (nSPS) is 21.0. The summed E-state index contributed by atoms with van der Waals surface area (Å²) in [4.78, 5) is 25.6. The summed E-state index contributed by atoms with van der Waals surface area (Å²) in [5.41, 5.74) is 5.21. The smallest absolute Gasteiger partial charge is 0.411 e. The summed E-state index contributed by atoms with van der Waals surface area (Å²) in [6.07, 6.45) is 10.5. The topological polar surface area (TPSA) is 117 Å². The van der Waals surface area contributed by atoms with Gasteiger partial charge in [0, 0.05) is 40.8 Å². The molecule has 2 aliphatic heterocycles. The van der Waals surface area contributed by atoms with Crippen LogP contribution in [0.2, 0.25) is 5.02 Å². The van der Waals surface area contributed by atoms with Gasteiger partial charge < -0.3 is 9.72 Å². The Hall–Kier alpha value is -4.91. The first kappa shape index (κ1) is 35.5. The molecule has 11 nitrogen and oxygen atoms in total. The second kappa shape index (κ2) is 15.8. The van der Waals surface area contributed by atoms with Crippen molar-refractivity contribution in [1.82, 2.24) is 40.0 Å². The molecule has 2 unspecified atom stereocenters. The van der Waals surface area contributed by atoms with E-state index in [9.17, 15) is 9.18 Å². The fourth-order valence-corrected chi connectivity index (χ4v) is 7.75. The number of hydrogen-bond acceptors (Lipinski definition) is 8. The van der Waals surface area contributed by atoms with Crippen LogP contribution < -0.4 is 5.32 Å². The van der Waals surface area contributed by atoms with Gasteiger partial charge in [-0.2, -0.15) is 4.68 Å². The number of nitrogens with one attached hydrogen (secondary N) is 2. The number of imidazole rings is 1. The maximum absolute atomic E-state index is 14.3. The lowest BCUT2D eigenvalue weighted by molar-refractivity contribution is 0.0154. The van der Waals surface area contributed by atoms with Gasteiger partial charge in [0.15, 0.2) is 0 Å². The largest absolute Gasteiger partial charge is 0.453 e. The van der Waals surface area contributed by atoms with E-state index in [-0.39, 0.29) is 23.8 Å². The molecule has 2 aromatic heterocycles. The molecule has 3 aromatic carbocycles. The zero-order valence-corrected chi connectivity index (χ0v) is 30.2. The number of anilines is 1. The fourth-order valence-electron chi connectivity index (χ4n) is 7.57. The highest BCUT2D eigenvalue weighted by atomic mass is 35.5. The van der Waals surface area contributed by atoms with E-state index in [4.69, 9.17) is 21.3 Å². The number of ether oxygens (including phenoxy) is 1. The summed E-state index contributed by atoms with van der Waals surface area (Å²) < 4.78 is 20.7. The number of H-pyrrole nitrogens is 1. The number of hydrogen-bond donors (Lipinski definition) is 2. The van der Waals surface area contributed by atoms with Crippen LogP contribution in [0, 0.1) is 11.7 Å². The first-order valence-electron chi connectivity index (χ1n) is 17.7. The number of methoxy groups -OCH3 is 1. The van der Waals surface area contributed by atoms with Gasteiger partial charge in [-0.05, 0) is 109 Å². The van der Waals surface area contributed by atoms with Crippen LogP contribution in [-0.2, 0) is 4.74 Å². The molecule has 2 fully saturated rings. The second-order valence-corrected chi connectivity index (χ2v) is 14.3. The van der Waals surface area contributed by atoms with Crippen LogP contribution in [0.4, 0.5) is 14.9 Å². The van der Waals surface area contributed by atoms with Gasteiger partial charge in [-0.25, -0.2) is 14.2 Å². The van der Waals surface area contributed by atoms with E-state index >= 15 is 0 Å². The number of carbonyl (C=O) groups excluding carboxylic acids is 1. The fraction of sp³-hybridized carbons (Fsp3) is 0.359. The van der Waals surface area contributed by atoms with Crippen molar-refractivity contribution in [2.75, 3.05) is 32.1 Å². The minimum absolute atomic E-state index is 0.0302. The summed E-state index contributed by atoms with van der Waals surface area (Å²) >= 11 is 6.48. The highest BCUT2D eigenvalue weighted by molar-refractivity contribution is 6.30. The van der Waals surface area contributed by atoms with Crippen molar-refractivity contribution in [3.8, 4) is 16.9 Å². The van der Waals surface area contributed by atoms with Crippen LogP contribution in [0.3, 0.4) is 0 Å². The molecule has 270 valence electrons. The Bertz CT molecular complexity index is 1980. The molecule has 2 N–H and O–H groups in total. The summed E-state index contributed by atoms with van der Waals surface area (Å²) in [5, 5.41) is 15.1. The Labute approximate surface area is 307 Å². The third-order valence-electron chi connectivity index (χ3n) is 10.5. The average Bonchev–Trinajstić information content (AvgIpc) is 3.88. The number of halogens is 2. The molecule has 7 rings (SSSR count). The number of rotatable bonds is 9. The van der Waals surface area contributed by atoms with Crippen LogP contribution in [-0.4, -0.2) is 84.9 Å². The van der Waals surface area contributed by atoms with Gasteiger partial charge in [-0.1, -0.05) is 54.9 Å². The van der Waals surface area contributed by atoms with Crippen LogP contribution in [0.1, 0.15) is 62.0 Å². The van der Waals surface area contributed by atoms with E-state index in [1.165, 1.54) is 20.0 Å². The Kier molecular flexibility index (Phi) is 10.8. The quantitative estimate of drug-likeness (QED) is 0.159. The molecule has 1 amide bonds. The van der Waals surface area contributed by atoms with E-state index in [1.807, 2.05) is 60.8 Å².